The summed E-state index contributed by atoms with van der Waals surface area (Å²) < 4.78 is 1.79. The summed E-state index contributed by atoms with van der Waals surface area (Å²) in [4.78, 5) is 27.0. The second kappa shape index (κ2) is 8.51. The van der Waals surface area contributed by atoms with Crippen LogP contribution in [0.25, 0.3) is 16.9 Å². The van der Waals surface area contributed by atoms with Crippen molar-refractivity contribution < 1.29 is 9.59 Å². The van der Waals surface area contributed by atoms with Gasteiger partial charge in [0.15, 0.2) is 0 Å². The number of nitrogens with one attached hydrogen (secondary N) is 1. The van der Waals surface area contributed by atoms with E-state index in [9.17, 15) is 9.59 Å². The molecule has 4 aromatic rings. The van der Waals surface area contributed by atoms with Crippen LogP contribution >= 0.6 is 0 Å². The molecule has 2 heterocycles. The molecule has 1 fully saturated rings. The Labute approximate surface area is 186 Å². The van der Waals surface area contributed by atoms with E-state index in [-0.39, 0.29) is 18.5 Å². The lowest BCUT2D eigenvalue weighted by Crippen LogP contribution is -2.32. The van der Waals surface area contributed by atoms with Crippen molar-refractivity contribution in [1.29, 1.82) is 0 Å². The lowest BCUT2D eigenvalue weighted by molar-refractivity contribution is -0.127. The topological polar surface area (TPSA) is 67.2 Å². The van der Waals surface area contributed by atoms with Gasteiger partial charge >= 0.3 is 6.03 Å². The van der Waals surface area contributed by atoms with Gasteiger partial charge in [-0.15, -0.1) is 0 Å². The van der Waals surface area contributed by atoms with Crippen molar-refractivity contribution in [2.75, 3.05) is 0 Å². The Morgan fingerprint density at radius 1 is 0.812 bits per heavy atom. The number of benzene rings is 3. The summed E-state index contributed by atoms with van der Waals surface area (Å²) in [6.45, 7) is 0.160. The molecule has 1 aliphatic heterocycles. The highest BCUT2D eigenvalue weighted by molar-refractivity contribution is 6.04. The number of carbonyl (C=O) groups excluding carboxylic acids is 2. The van der Waals surface area contributed by atoms with E-state index in [0.29, 0.717) is 6.42 Å². The highest BCUT2D eigenvalue weighted by Crippen LogP contribution is 2.26. The molecule has 3 amide bonds. The lowest BCUT2D eigenvalue weighted by atomic mass is 10.1. The summed E-state index contributed by atoms with van der Waals surface area (Å²) in [6, 6.07) is 28.4. The number of rotatable bonds is 6. The van der Waals surface area contributed by atoms with Gasteiger partial charge in [-0.05, 0) is 17.7 Å². The molecule has 5 rings (SSSR count). The van der Waals surface area contributed by atoms with E-state index in [4.69, 9.17) is 5.10 Å². The third-order valence-electron chi connectivity index (χ3n) is 5.58. The number of para-hydroxylation sites is 1. The molecule has 6 nitrogen and oxygen atoms in total. The minimum atomic E-state index is -0.561. The maximum absolute atomic E-state index is 13.1. The van der Waals surface area contributed by atoms with Crippen LogP contribution in [0.4, 0.5) is 4.79 Å². The zero-order chi connectivity index (χ0) is 21.9. The van der Waals surface area contributed by atoms with Crippen LogP contribution in [0.2, 0.25) is 0 Å². The normalized spacial score (nSPS) is 15.8. The second-order valence-electron chi connectivity index (χ2n) is 7.77. The molecule has 0 radical (unpaired) electrons. The molecule has 0 bridgehead atoms. The second-order valence-corrected chi connectivity index (χ2v) is 7.77. The van der Waals surface area contributed by atoms with Gasteiger partial charge in [0.2, 0.25) is 0 Å². The molecule has 32 heavy (non-hydrogen) atoms. The summed E-state index contributed by atoms with van der Waals surface area (Å²) in [7, 11) is 0. The van der Waals surface area contributed by atoms with Crippen molar-refractivity contribution >= 4 is 11.9 Å². The molecule has 0 aliphatic carbocycles. The Kier molecular flexibility index (Phi) is 5.25. The number of aromatic nitrogens is 2. The molecular formula is C26H22N4O2. The standard InChI is InChI=1S/C26H22N4O2/c31-25-23(16-19-10-4-1-5-11-19)27-26(32)29(25)17-21-18-30(22-14-8-3-9-15-22)28-24(21)20-12-6-2-7-13-20/h1-15,18,23H,16-17H2,(H,27,32)/t23-/m1/s1. The van der Waals surface area contributed by atoms with Crippen molar-refractivity contribution in [3.8, 4) is 16.9 Å². The monoisotopic (exact) mass is 422 g/mol. The largest absolute Gasteiger partial charge is 0.325 e. The van der Waals surface area contributed by atoms with Crippen molar-refractivity contribution in [2.24, 2.45) is 0 Å². The molecular weight excluding hydrogens is 400 g/mol. The number of urea groups is 1. The predicted octanol–water partition coefficient (Wildman–Crippen LogP) is 4.20. The zero-order valence-corrected chi connectivity index (χ0v) is 17.4. The smallest absolute Gasteiger partial charge is 0.325 e. The van der Waals surface area contributed by atoms with Crippen LogP contribution in [0.3, 0.4) is 0 Å². The molecule has 1 aliphatic rings. The molecule has 1 atom stereocenters. The van der Waals surface area contributed by atoms with Gasteiger partial charge < -0.3 is 5.32 Å². The van der Waals surface area contributed by atoms with Crippen molar-refractivity contribution in [2.45, 2.75) is 19.0 Å². The molecule has 0 spiro atoms. The quantitative estimate of drug-likeness (QED) is 0.474. The van der Waals surface area contributed by atoms with Gasteiger partial charge in [0, 0.05) is 23.7 Å². The van der Waals surface area contributed by atoms with Crippen LogP contribution < -0.4 is 5.32 Å². The highest BCUT2D eigenvalue weighted by atomic mass is 16.2. The van der Waals surface area contributed by atoms with Gasteiger partial charge in [-0.2, -0.15) is 5.10 Å². The van der Waals surface area contributed by atoms with Gasteiger partial charge in [-0.3, -0.25) is 9.69 Å². The summed E-state index contributed by atoms with van der Waals surface area (Å²) >= 11 is 0. The fourth-order valence-corrected chi connectivity index (χ4v) is 3.96. The van der Waals surface area contributed by atoms with Gasteiger partial charge in [0.05, 0.1) is 17.9 Å². The number of hydrogen-bond acceptors (Lipinski definition) is 3. The van der Waals surface area contributed by atoms with E-state index in [1.807, 2.05) is 97.2 Å². The van der Waals surface area contributed by atoms with Crippen LogP contribution in [0.5, 0.6) is 0 Å². The molecule has 0 saturated carbocycles. The highest BCUT2D eigenvalue weighted by Gasteiger charge is 2.38. The molecule has 1 aromatic heterocycles. The number of hydrogen-bond donors (Lipinski definition) is 1. The van der Waals surface area contributed by atoms with Gasteiger partial charge in [-0.1, -0.05) is 78.9 Å². The van der Waals surface area contributed by atoms with E-state index in [1.54, 1.807) is 4.68 Å². The molecule has 158 valence electrons. The van der Waals surface area contributed by atoms with Crippen molar-refractivity contribution in [1.82, 2.24) is 20.0 Å². The average molecular weight is 422 g/mol. The summed E-state index contributed by atoms with van der Waals surface area (Å²) in [6.07, 6.45) is 2.36. The summed E-state index contributed by atoms with van der Waals surface area (Å²) in [5, 5.41) is 7.61. The van der Waals surface area contributed by atoms with Gasteiger partial charge in [0.1, 0.15) is 6.04 Å². The van der Waals surface area contributed by atoms with Crippen molar-refractivity contribution in [3.05, 3.63) is 108 Å². The van der Waals surface area contributed by atoms with Crippen LogP contribution in [0.15, 0.2) is 97.2 Å². The SMILES string of the molecule is O=C1N[C@H](Cc2ccccc2)C(=O)N1Cc1cn(-c2ccccc2)nc1-c1ccccc1. The fraction of sp³-hybridized carbons (Fsp3) is 0.115. The Balaban J connectivity index is 1.45. The van der Waals surface area contributed by atoms with E-state index in [2.05, 4.69) is 5.32 Å². The lowest BCUT2D eigenvalue weighted by Gasteiger charge is -2.13. The molecule has 3 aromatic carbocycles. The average Bonchev–Trinajstić information content (AvgIpc) is 3.38. The van der Waals surface area contributed by atoms with E-state index in [1.165, 1.54) is 4.90 Å². The molecule has 1 saturated heterocycles. The zero-order valence-electron chi connectivity index (χ0n) is 17.4. The first kappa shape index (κ1) is 19.8. The van der Waals surface area contributed by atoms with Crippen LogP contribution in [0, 0.1) is 0 Å². The molecule has 6 heteroatoms. The Morgan fingerprint density at radius 3 is 2.12 bits per heavy atom. The van der Waals surface area contributed by atoms with E-state index >= 15 is 0 Å². The minimum absolute atomic E-state index is 0.160. The first-order chi connectivity index (χ1) is 15.7. The summed E-state index contributed by atoms with van der Waals surface area (Å²) in [5.41, 5.74) is 4.42. The maximum Gasteiger partial charge on any atom is 0.325 e. The Hall–Kier alpha value is -4.19. The number of nitrogens with zero attached hydrogens (tertiary/aromatic N) is 3. The number of imide groups is 1. The number of carbonyl (C=O) groups is 2. The Morgan fingerprint density at radius 2 is 1.44 bits per heavy atom. The fourth-order valence-electron chi connectivity index (χ4n) is 3.96. The number of amides is 3. The third-order valence-corrected chi connectivity index (χ3v) is 5.58. The van der Waals surface area contributed by atoms with Crippen LogP contribution in [-0.2, 0) is 17.8 Å². The minimum Gasteiger partial charge on any atom is -0.325 e. The first-order valence-corrected chi connectivity index (χ1v) is 10.5. The van der Waals surface area contributed by atoms with Crippen LogP contribution in [0.1, 0.15) is 11.1 Å². The van der Waals surface area contributed by atoms with Crippen molar-refractivity contribution in [3.63, 3.8) is 0 Å². The first-order valence-electron chi connectivity index (χ1n) is 10.5. The molecule has 1 N–H and O–H groups in total. The molecule has 0 unspecified atom stereocenters. The third kappa shape index (κ3) is 3.90. The predicted molar refractivity (Wildman–Crippen MR) is 122 cm³/mol. The van der Waals surface area contributed by atoms with Crippen LogP contribution in [-0.4, -0.2) is 32.7 Å². The Bertz CT molecular complexity index is 1240. The maximum atomic E-state index is 13.1. The van der Waals surface area contributed by atoms with E-state index < -0.39 is 6.04 Å². The van der Waals surface area contributed by atoms with Gasteiger partial charge in [-0.25, -0.2) is 9.48 Å². The van der Waals surface area contributed by atoms with Gasteiger partial charge in [0.25, 0.3) is 5.91 Å². The van der Waals surface area contributed by atoms with E-state index in [0.717, 1.165) is 28.1 Å². The summed E-state index contributed by atoms with van der Waals surface area (Å²) in [5.74, 6) is -0.217.